The van der Waals surface area contributed by atoms with Crippen molar-refractivity contribution >= 4 is 22.9 Å². The van der Waals surface area contributed by atoms with E-state index in [1.165, 1.54) is 0 Å². The van der Waals surface area contributed by atoms with E-state index >= 15 is 0 Å². The highest BCUT2D eigenvalue weighted by atomic mass is 35.5. The number of nitrogens with zero attached hydrogens (tertiary/aromatic N) is 2. The minimum atomic E-state index is 0.0569. The molecular weight excluding hydrogens is 254 g/mol. The van der Waals surface area contributed by atoms with E-state index < -0.39 is 0 Å². The molecule has 17 heavy (non-hydrogen) atoms. The van der Waals surface area contributed by atoms with E-state index in [4.69, 9.17) is 17.3 Å². The van der Waals surface area contributed by atoms with Crippen molar-refractivity contribution in [2.24, 2.45) is 5.73 Å². The first-order chi connectivity index (χ1) is 8.08. The van der Waals surface area contributed by atoms with Crippen molar-refractivity contribution in [3.63, 3.8) is 0 Å². The van der Waals surface area contributed by atoms with Gasteiger partial charge in [-0.2, -0.15) is 0 Å². The Labute approximate surface area is 112 Å². The molecule has 1 aromatic heterocycles. The van der Waals surface area contributed by atoms with Crippen molar-refractivity contribution in [3.8, 4) is 0 Å². The van der Waals surface area contributed by atoms with E-state index in [0.717, 1.165) is 36.0 Å². The molecule has 2 N–H and O–H groups in total. The van der Waals surface area contributed by atoms with Gasteiger partial charge in [-0.15, -0.1) is 11.3 Å². The Morgan fingerprint density at radius 1 is 1.53 bits per heavy atom. The monoisotopic (exact) mass is 273 g/mol. The van der Waals surface area contributed by atoms with Crippen LogP contribution < -0.4 is 5.73 Å². The zero-order valence-electron chi connectivity index (χ0n) is 10.4. The normalized spacial score (nSPS) is 25.1. The molecule has 1 aliphatic rings. The van der Waals surface area contributed by atoms with Crippen LogP contribution in [0.4, 0.5) is 0 Å². The molecule has 0 saturated carbocycles. The standard InChI is InChI=1S/C12H20ClN3S/c1-15-4-5-16(2)9(8-15)7-11(14)12-10(13)3-6-17-12/h3,6,9,11H,4-5,7-8,14H2,1-2H3. The Morgan fingerprint density at radius 2 is 2.29 bits per heavy atom. The van der Waals surface area contributed by atoms with Crippen LogP contribution in [0.2, 0.25) is 5.02 Å². The number of rotatable bonds is 3. The molecule has 0 aromatic carbocycles. The van der Waals surface area contributed by atoms with E-state index in [2.05, 4.69) is 23.9 Å². The minimum absolute atomic E-state index is 0.0569. The van der Waals surface area contributed by atoms with Crippen molar-refractivity contribution in [1.29, 1.82) is 0 Å². The predicted octanol–water partition coefficient (Wildman–Crippen LogP) is 2.04. The molecule has 2 unspecified atom stereocenters. The second kappa shape index (κ2) is 5.67. The van der Waals surface area contributed by atoms with Gasteiger partial charge in [0.15, 0.2) is 0 Å². The van der Waals surface area contributed by atoms with Gasteiger partial charge in [-0.3, -0.25) is 0 Å². The third kappa shape index (κ3) is 3.20. The van der Waals surface area contributed by atoms with Crippen LogP contribution in [-0.4, -0.2) is 49.6 Å². The number of hydrogen-bond acceptors (Lipinski definition) is 4. The van der Waals surface area contributed by atoms with Crippen LogP contribution in [0.25, 0.3) is 0 Å². The van der Waals surface area contributed by atoms with E-state index in [-0.39, 0.29) is 6.04 Å². The average Bonchev–Trinajstić information content (AvgIpc) is 2.70. The Morgan fingerprint density at radius 3 is 2.94 bits per heavy atom. The molecule has 3 nitrogen and oxygen atoms in total. The first-order valence-corrected chi connectivity index (χ1v) is 7.21. The van der Waals surface area contributed by atoms with E-state index in [1.54, 1.807) is 11.3 Å². The van der Waals surface area contributed by atoms with Gasteiger partial charge in [0, 0.05) is 36.6 Å². The third-order valence-corrected chi connectivity index (χ3v) is 4.98. The molecule has 2 rings (SSSR count). The maximum atomic E-state index is 6.26. The van der Waals surface area contributed by atoms with Gasteiger partial charge in [-0.1, -0.05) is 11.6 Å². The average molecular weight is 274 g/mol. The summed E-state index contributed by atoms with van der Waals surface area (Å²) in [7, 11) is 4.35. The zero-order valence-corrected chi connectivity index (χ0v) is 12.0. The minimum Gasteiger partial charge on any atom is -0.323 e. The smallest absolute Gasteiger partial charge is 0.0561 e. The maximum Gasteiger partial charge on any atom is 0.0561 e. The first kappa shape index (κ1) is 13.3. The Hall–Kier alpha value is -0.130. The molecule has 2 atom stereocenters. The summed E-state index contributed by atoms with van der Waals surface area (Å²) in [5, 5.41) is 2.82. The zero-order chi connectivity index (χ0) is 12.4. The van der Waals surface area contributed by atoms with Gasteiger partial charge < -0.3 is 15.5 Å². The molecule has 0 amide bonds. The van der Waals surface area contributed by atoms with Crippen LogP contribution in [0.1, 0.15) is 17.3 Å². The summed E-state index contributed by atoms with van der Waals surface area (Å²) < 4.78 is 0. The second-order valence-electron chi connectivity index (χ2n) is 4.87. The highest BCUT2D eigenvalue weighted by Crippen LogP contribution is 2.30. The Bertz CT molecular complexity index is 368. The van der Waals surface area contributed by atoms with E-state index in [1.807, 2.05) is 11.4 Å². The van der Waals surface area contributed by atoms with Gasteiger partial charge in [0.1, 0.15) is 0 Å². The van der Waals surface area contributed by atoms with Gasteiger partial charge in [0.25, 0.3) is 0 Å². The SMILES string of the molecule is CN1CCN(C)C(CC(N)c2sccc2Cl)C1. The first-order valence-electron chi connectivity index (χ1n) is 5.95. The molecule has 96 valence electrons. The molecule has 0 aliphatic carbocycles. The van der Waals surface area contributed by atoms with Gasteiger partial charge in [-0.25, -0.2) is 0 Å². The number of halogens is 1. The molecule has 5 heteroatoms. The summed E-state index contributed by atoms with van der Waals surface area (Å²) in [5.41, 5.74) is 6.26. The number of piperazine rings is 1. The lowest BCUT2D eigenvalue weighted by Crippen LogP contribution is -2.50. The molecule has 1 aromatic rings. The maximum absolute atomic E-state index is 6.26. The predicted molar refractivity (Wildman–Crippen MR) is 74.8 cm³/mol. The molecule has 1 aliphatic heterocycles. The fraction of sp³-hybridized carbons (Fsp3) is 0.667. The fourth-order valence-electron chi connectivity index (χ4n) is 2.33. The Kier molecular flexibility index (Phi) is 4.44. The molecule has 1 saturated heterocycles. The fourth-order valence-corrected chi connectivity index (χ4v) is 3.54. The third-order valence-electron chi connectivity index (χ3n) is 3.49. The largest absolute Gasteiger partial charge is 0.323 e. The summed E-state index contributed by atoms with van der Waals surface area (Å²) in [6.07, 6.45) is 0.973. The van der Waals surface area contributed by atoms with Gasteiger partial charge in [0.2, 0.25) is 0 Å². The van der Waals surface area contributed by atoms with Gasteiger partial charge in [0.05, 0.1) is 5.02 Å². The van der Waals surface area contributed by atoms with Gasteiger partial charge in [-0.05, 0) is 32.0 Å². The van der Waals surface area contributed by atoms with Crippen LogP contribution in [0.15, 0.2) is 11.4 Å². The number of thiophene rings is 1. The molecule has 0 radical (unpaired) electrons. The van der Waals surface area contributed by atoms with Crippen molar-refractivity contribution in [2.45, 2.75) is 18.5 Å². The summed E-state index contributed by atoms with van der Waals surface area (Å²) in [5.74, 6) is 0. The number of hydrogen-bond donors (Lipinski definition) is 1. The summed E-state index contributed by atoms with van der Waals surface area (Å²) in [6, 6.07) is 2.52. The topological polar surface area (TPSA) is 32.5 Å². The van der Waals surface area contributed by atoms with Crippen molar-refractivity contribution in [3.05, 3.63) is 21.3 Å². The highest BCUT2D eigenvalue weighted by molar-refractivity contribution is 7.10. The van der Waals surface area contributed by atoms with Crippen LogP contribution in [0.5, 0.6) is 0 Å². The van der Waals surface area contributed by atoms with Crippen molar-refractivity contribution in [1.82, 2.24) is 9.80 Å². The Balaban J connectivity index is 1.98. The molecule has 2 heterocycles. The quantitative estimate of drug-likeness (QED) is 0.915. The summed E-state index contributed by atoms with van der Waals surface area (Å²) >= 11 is 7.78. The van der Waals surface area contributed by atoms with Crippen LogP contribution >= 0.6 is 22.9 Å². The van der Waals surface area contributed by atoms with Crippen LogP contribution in [-0.2, 0) is 0 Å². The lowest BCUT2D eigenvalue weighted by molar-refractivity contribution is 0.104. The lowest BCUT2D eigenvalue weighted by Gasteiger charge is -2.38. The molecule has 0 spiro atoms. The highest BCUT2D eigenvalue weighted by Gasteiger charge is 2.25. The van der Waals surface area contributed by atoms with Gasteiger partial charge >= 0.3 is 0 Å². The number of nitrogens with two attached hydrogens (primary N) is 1. The molecule has 0 bridgehead atoms. The van der Waals surface area contributed by atoms with E-state index in [9.17, 15) is 0 Å². The van der Waals surface area contributed by atoms with E-state index in [0.29, 0.717) is 6.04 Å². The summed E-state index contributed by atoms with van der Waals surface area (Å²) in [4.78, 5) is 5.89. The van der Waals surface area contributed by atoms with Crippen molar-refractivity contribution in [2.75, 3.05) is 33.7 Å². The molecule has 1 fully saturated rings. The second-order valence-corrected chi connectivity index (χ2v) is 6.23. The van der Waals surface area contributed by atoms with Crippen LogP contribution in [0, 0.1) is 0 Å². The lowest BCUT2D eigenvalue weighted by atomic mass is 10.0. The van der Waals surface area contributed by atoms with Crippen LogP contribution in [0.3, 0.4) is 0 Å². The molecular formula is C12H20ClN3S. The summed E-state index contributed by atoms with van der Waals surface area (Å²) in [6.45, 7) is 3.35. The van der Waals surface area contributed by atoms with Crippen molar-refractivity contribution < 1.29 is 0 Å². The number of likely N-dealkylation sites (N-methyl/N-ethyl adjacent to an activating group) is 2.